The smallest absolute Gasteiger partial charge is 0.307 e. The molecule has 0 aliphatic heterocycles. The van der Waals surface area contributed by atoms with Crippen molar-refractivity contribution in [1.29, 1.82) is 5.26 Å². The average Bonchev–Trinajstić information content (AvgIpc) is 2.51. The molecule has 0 fully saturated rings. The third-order valence-electron chi connectivity index (χ3n) is 2.83. The van der Waals surface area contributed by atoms with Crippen LogP contribution in [-0.4, -0.2) is 33.4 Å². The highest BCUT2D eigenvalue weighted by atomic mass is 16.5. The molecule has 1 atom stereocenters. The van der Waals surface area contributed by atoms with Crippen molar-refractivity contribution in [3.05, 3.63) is 17.7 Å². The summed E-state index contributed by atoms with van der Waals surface area (Å²) in [4.78, 5) is 11.6. The number of esters is 1. The van der Waals surface area contributed by atoms with E-state index in [2.05, 4.69) is 0 Å². The van der Waals surface area contributed by atoms with Gasteiger partial charge in [-0.25, -0.2) is 0 Å². The predicted molar refractivity (Wildman–Crippen MR) is 75.6 cm³/mol. The van der Waals surface area contributed by atoms with Crippen molar-refractivity contribution < 1.29 is 23.7 Å². The molecular weight excluding hydrogens is 274 g/mol. The fourth-order valence-electron chi connectivity index (χ4n) is 1.81. The fourth-order valence-corrected chi connectivity index (χ4v) is 1.81. The summed E-state index contributed by atoms with van der Waals surface area (Å²) in [6, 6.07) is 5.41. The van der Waals surface area contributed by atoms with E-state index in [1.165, 1.54) is 28.3 Å². The first-order valence-corrected chi connectivity index (χ1v) is 6.43. The molecule has 114 valence electrons. The Morgan fingerprint density at radius 3 is 2.19 bits per heavy atom. The molecule has 1 rings (SSSR count). The van der Waals surface area contributed by atoms with Crippen LogP contribution in [0.15, 0.2) is 12.1 Å². The SMILES string of the molecule is COc1cc(CCC(=O)OC(C)C#N)cc(OC)c1OC. The lowest BCUT2D eigenvalue weighted by atomic mass is 10.1. The van der Waals surface area contributed by atoms with E-state index in [0.29, 0.717) is 23.7 Å². The topological polar surface area (TPSA) is 77.8 Å². The molecule has 0 aliphatic rings. The number of carbonyl (C=O) groups is 1. The van der Waals surface area contributed by atoms with Gasteiger partial charge in [-0.3, -0.25) is 4.79 Å². The van der Waals surface area contributed by atoms with Crippen LogP contribution in [0.5, 0.6) is 17.2 Å². The molecule has 0 spiro atoms. The Balaban J connectivity index is 2.80. The Bertz CT molecular complexity index is 510. The van der Waals surface area contributed by atoms with Crippen molar-refractivity contribution >= 4 is 5.97 Å². The van der Waals surface area contributed by atoms with Crippen LogP contribution in [0.3, 0.4) is 0 Å². The number of benzene rings is 1. The zero-order valence-corrected chi connectivity index (χ0v) is 12.6. The van der Waals surface area contributed by atoms with Gasteiger partial charge in [-0.05, 0) is 31.0 Å². The van der Waals surface area contributed by atoms with Crippen molar-refractivity contribution in [1.82, 2.24) is 0 Å². The fraction of sp³-hybridized carbons (Fsp3) is 0.467. The van der Waals surface area contributed by atoms with Crippen LogP contribution in [0.4, 0.5) is 0 Å². The highest BCUT2D eigenvalue weighted by molar-refractivity contribution is 5.70. The molecule has 6 nitrogen and oxygen atoms in total. The van der Waals surface area contributed by atoms with Crippen LogP contribution >= 0.6 is 0 Å². The molecule has 0 aromatic heterocycles. The summed E-state index contributed by atoms with van der Waals surface area (Å²) in [6.45, 7) is 1.53. The number of aryl methyl sites for hydroxylation is 1. The van der Waals surface area contributed by atoms with Crippen molar-refractivity contribution in [3.63, 3.8) is 0 Å². The van der Waals surface area contributed by atoms with Crippen molar-refractivity contribution in [2.45, 2.75) is 25.9 Å². The Labute approximate surface area is 124 Å². The largest absolute Gasteiger partial charge is 0.493 e. The van der Waals surface area contributed by atoms with Gasteiger partial charge in [0.25, 0.3) is 0 Å². The number of methoxy groups -OCH3 is 3. The van der Waals surface area contributed by atoms with Gasteiger partial charge in [0.05, 0.1) is 21.3 Å². The molecule has 1 unspecified atom stereocenters. The minimum absolute atomic E-state index is 0.171. The highest BCUT2D eigenvalue weighted by Crippen LogP contribution is 2.38. The third-order valence-corrected chi connectivity index (χ3v) is 2.83. The summed E-state index contributed by atoms with van der Waals surface area (Å²) in [7, 11) is 4.59. The monoisotopic (exact) mass is 293 g/mol. The number of nitrogens with zero attached hydrogens (tertiary/aromatic N) is 1. The van der Waals surface area contributed by atoms with Crippen molar-refractivity contribution in [2.24, 2.45) is 0 Å². The molecule has 0 saturated heterocycles. The van der Waals surface area contributed by atoms with E-state index in [4.69, 9.17) is 24.2 Å². The summed E-state index contributed by atoms with van der Waals surface area (Å²) in [5, 5.41) is 8.59. The Hall–Kier alpha value is -2.42. The molecule has 0 aliphatic carbocycles. The number of rotatable bonds is 7. The van der Waals surface area contributed by atoms with E-state index in [1.54, 1.807) is 12.1 Å². The van der Waals surface area contributed by atoms with E-state index < -0.39 is 12.1 Å². The molecule has 21 heavy (non-hydrogen) atoms. The summed E-state index contributed by atoms with van der Waals surface area (Å²) in [6.07, 6.45) is -0.115. The number of carbonyl (C=O) groups excluding carboxylic acids is 1. The first-order chi connectivity index (χ1) is 10.0. The Kier molecular flexibility index (Phi) is 6.34. The van der Waals surface area contributed by atoms with Gasteiger partial charge in [0.15, 0.2) is 17.6 Å². The molecule has 0 bridgehead atoms. The van der Waals surface area contributed by atoms with Gasteiger partial charge in [0.1, 0.15) is 6.07 Å². The number of hydrogen-bond acceptors (Lipinski definition) is 6. The van der Waals surface area contributed by atoms with Crippen LogP contribution in [0.1, 0.15) is 18.9 Å². The molecule has 0 N–H and O–H groups in total. The molecule has 0 heterocycles. The van der Waals surface area contributed by atoms with Gasteiger partial charge in [0, 0.05) is 6.42 Å². The Morgan fingerprint density at radius 2 is 1.76 bits per heavy atom. The van der Waals surface area contributed by atoms with E-state index >= 15 is 0 Å². The second kappa shape index (κ2) is 8.00. The third kappa shape index (κ3) is 4.56. The summed E-state index contributed by atoms with van der Waals surface area (Å²) in [5.74, 6) is 1.15. The number of nitriles is 1. The van der Waals surface area contributed by atoms with E-state index in [1.807, 2.05) is 6.07 Å². The maximum Gasteiger partial charge on any atom is 0.307 e. The van der Waals surface area contributed by atoms with E-state index in [0.717, 1.165) is 5.56 Å². The lowest BCUT2D eigenvalue weighted by Gasteiger charge is -2.14. The van der Waals surface area contributed by atoms with Gasteiger partial charge in [-0.15, -0.1) is 0 Å². The van der Waals surface area contributed by atoms with Crippen LogP contribution < -0.4 is 14.2 Å². The summed E-state index contributed by atoms with van der Waals surface area (Å²) < 4.78 is 20.6. The van der Waals surface area contributed by atoms with Crippen molar-refractivity contribution in [2.75, 3.05) is 21.3 Å². The van der Waals surface area contributed by atoms with Crippen LogP contribution in [0.2, 0.25) is 0 Å². The summed E-state index contributed by atoms with van der Waals surface area (Å²) >= 11 is 0. The molecule has 0 saturated carbocycles. The first kappa shape index (κ1) is 16.6. The second-order valence-electron chi connectivity index (χ2n) is 4.29. The maximum atomic E-state index is 11.6. The number of hydrogen-bond donors (Lipinski definition) is 0. The van der Waals surface area contributed by atoms with Crippen LogP contribution in [-0.2, 0) is 16.0 Å². The summed E-state index contributed by atoms with van der Waals surface area (Å²) in [5.41, 5.74) is 0.853. The second-order valence-corrected chi connectivity index (χ2v) is 4.29. The first-order valence-electron chi connectivity index (χ1n) is 6.43. The van der Waals surface area contributed by atoms with Gasteiger partial charge >= 0.3 is 5.97 Å². The lowest BCUT2D eigenvalue weighted by Crippen LogP contribution is -2.13. The minimum Gasteiger partial charge on any atom is -0.493 e. The normalized spacial score (nSPS) is 11.2. The zero-order valence-electron chi connectivity index (χ0n) is 12.6. The molecule has 6 heteroatoms. The molecular formula is C15H19NO5. The van der Waals surface area contributed by atoms with E-state index in [-0.39, 0.29) is 6.42 Å². The molecule has 0 amide bonds. The van der Waals surface area contributed by atoms with Gasteiger partial charge in [-0.2, -0.15) is 5.26 Å². The highest BCUT2D eigenvalue weighted by Gasteiger charge is 2.14. The zero-order chi connectivity index (χ0) is 15.8. The standard InChI is InChI=1S/C15H19NO5/c1-10(9-16)21-14(17)6-5-11-7-12(18-2)15(20-4)13(8-11)19-3/h7-8,10H,5-6H2,1-4H3. The maximum absolute atomic E-state index is 11.6. The molecule has 1 aromatic carbocycles. The average molecular weight is 293 g/mol. The van der Waals surface area contributed by atoms with Gasteiger partial charge in [0.2, 0.25) is 5.75 Å². The van der Waals surface area contributed by atoms with Gasteiger partial charge in [-0.1, -0.05) is 0 Å². The van der Waals surface area contributed by atoms with E-state index in [9.17, 15) is 4.79 Å². The lowest BCUT2D eigenvalue weighted by molar-refractivity contribution is -0.145. The molecule has 1 aromatic rings. The minimum atomic E-state index is -0.738. The van der Waals surface area contributed by atoms with Crippen LogP contribution in [0, 0.1) is 11.3 Å². The van der Waals surface area contributed by atoms with Crippen molar-refractivity contribution in [3.8, 4) is 23.3 Å². The quantitative estimate of drug-likeness (QED) is 0.716. The number of ether oxygens (including phenoxy) is 4. The van der Waals surface area contributed by atoms with Crippen LogP contribution in [0.25, 0.3) is 0 Å². The van der Waals surface area contributed by atoms with Gasteiger partial charge < -0.3 is 18.9 Å². The predicted octanol–water partition coefficient (Wildman–Crippen LogP) is 2.10. The Morgan fingerprint density at radius 1 is 1.19 bits per heavy atom. The molecule has 0 radical (unpaired) electrons.